The highest BCUT2D eigenvalue weighted by molar-refractivity contribution is 7.92. The summed E-state index contributed by atoms with van der Waals surface area (Å²) >= 11 is 0. The average Bonchev–Trinajstić information content (AvgIpc) is 2.85. The van der Waals surface area contributed by atoms with E-state index in [0.29, 0.717) is 37.4 Å². The lowest BCUT2D eigenvalue weighted by atomic mass is 10.1. The molecule has 9 heteroatoms. The molecule has 2 aromatic rings. The summed E-state index contributed by atoms with van der Waals surface area (Å²) in [5.74, 6) is 0.0693. The standard InChI is InChI=1S/C26H37N3O5S/c1-5-18-27-26(31)22(6-2)28(20-21-13-8-7-9-14-21)25(30)17-12-19-29(35(4,32)33)23-15-10-11-16-24(23)34-3/h7-11,13-16,22H,5-6,12,17-20H2,1-4H3,(H,27,31). The summed E-state index contributed by atoms with van der Waals surface area (Å²) in [5, 5.41) is 2.90. The van der Waals surface area contributed by atoms with Crippen molar-refractivity contribution in [1.29, 1.82) is 0 Å². The van der Waals surface area contributed by atoms with E-state index >= 15 is 0 Å². The van der Waals surface area contributed by atoms with Gasteiger partial charge in [-0.05, 0) is 37.0 Å². The summed E-state index contributed by atoms with van der Waals surface area (Å²) in [6.45, 7) is 4.83. The fraction of sp³-hybridized carbons (Fsp3) is 0.462. The molecule has 35 heavy (non-hydrogen) atoms. The average molecular weight is 504 g/mol. The summed E-state index contributed by atoms with van der Waals surface area (Å²) in [4.78, 5) is 27.8. The van der Waals surface area contributed by atoms with Crippen molar-refractivity contribution >= 4 is 27.5 Å². The second-order valence-corrected chi connectivity index (χ2v) is 10.2. The third kappa shape index (κ3) is 8.28. The summed E-state index contributed by atoms with van der Waals surface area (Å²) in [7, 11) is -2.11. The fourth-order valence-corrected chi connectivity index (χ4v) is 4.85. The number of anilines is 1. The molecule has 2 aromatic carbocycles. The fourth-order valence-electron chi connectivity index (χ4n) is 3.88. The Morgan fingerprint density at radius 1 is 1.03 bits per heavy atom. The summed E-state index contributed by atoms with van der Waals surface area (Å²) in [6.07, 6.45) is 2.81. The second kappa shape index (κ2) is 13.7. The lowest BCUT2D eigenvalue weighted by Gasteiger charge is -2.31. The van der Waals surface area contributed by atoms with Crippen molar-refractivity contribution in [1.82, 2.24) is 10.2 Å². The van der Waals surface area contributed by atoms with Gasteiger partial charge in [0.05, 0.1) is 19.1 Å². The topological polar surface area (TPSA) is 96.0 Å². The molecule has 0 heterocycles. The molecule has 2 amide bonds. The van der Waals surface area contributed by atoms with Crippen molar-refractivity contribution in [3.05, 3.63) is 60.2 Å². The first kappa shape index (κ1) is 28.2. The zero-order valence-electron chi connectivity index (χ0n) is 21.1. The van der Waals surface area contributed by atoms with Crippen LogP contribution in [0.5, 0.6) is 5.75 Å². The van der Waals surface area contributed by atoms with Gasteiger partial charge in [0.25, 0.3) is 0 Å². The van der Waals surface area contributed by atoms with Crippen molar-refractivity contribution in [2.24, 2.45) is 0 Å². The predicted octanol–water partition coefficient (Wildman–Crippen LogP) is 3.58. The van der Waals surface area contributed by atoms with Gasteiger partial charge in [0.15, 0.2) is 0 Å². The van der Waals surface area contributed by atoms with Gasteiger partial charge in [-0.1, -0.05) is 56.3 Å². The van der Waals surface area contributed by atoms with Crippen LogP contribution in [-0.4, -0.2) is 57.6 Å². The van der Waals surface area contributed by atoms with E-state index < -0.39 is 16.1 Å². The zero-order valence-corrected chi connectivity index (χ0v) is 21.9. The molecule has 0 aromatic heterocycles. The van der Waals surface area contributed by atoms with Crippen molar-refractivity contribution in [2.45, 2.75) is 52.1 Å². The zero-order chi connectivity index (χ0) is 25.8. The number of sulfonamides is 1. The van der Waals surface area contributed by atoms with Crippen molar-refractivity contribution in [2.75, 3.05) is 30.8 Å². The van der Waals surface area contributed by atoms with Gasteiger partial charge in [-0.2, -0.15) is 0 Å². The van der Waals surface area contributed by atoms with Crippen LogP contribution in [-0.2, 0) is 26.2 Å². The number of rotatable bonds is 14. The lowest BCUT2D eigenvalue weighted by Crippen LogP contribution is -2.49. The maximum atomic E-state index is 13.4. The quantitative estimate of drug-likeness (QED) is 0.425. The maximum absolute atomic E-state index is 13.4. The molecule has 0 fully saturated rings. The van der Waals surface area contributed by atoms with Gasteiger partial charge in [-0.25, -0.2) is 8.42 Å². The SMILES string of the molecule is CCCNC(=O)C(CC)N(Cc1ccccc1)C(=O)CCCN(c1ccccc1OC)S(C)(=O)=O. The van der Waals surface area contributed by atoms with E-state index in [1.807, 2.05) is 44.2 Å². The minimum absolute atomic E-state index is 0.103. The first-order valence-corrected chi connectivity index (χ1v) is 13.8. The monoisotopic (exact) mass is 503 g/mol. The number of nitrogens with zero attached hydrogens (tertiary/aromatic N) is 2. The third-order valence-corrected chi connectivity index (χ3v) is 6.82. The van der Waals surface area contributed by atoms with E-state index in [-0.39, 0.29) is 24.8 Å². The Kier molecular flexibility index (Phi) is 11.0. The van der Waals surface area contributed by atoms with Gasteiger partial charge in [0.2, 0.25) is 21.8 Å². The third-order valence-electron chi connectivity index (χ3n) is 5.64. The molecule has 0 aliphatic carbocycles. The summed E-state index contributed by atoms with van der Waals surface area (Å²) in [6, 6.07) is 15.8. The van der Waals surface area contributed by atoms with E-state index in [9.17, 15) is 18.0 Å². The van der Waals surface area contributed by atoms with Gasteiger partial charge in [0, 0.05) is 26.1 Å². The molecule has 0 saturated heterocycles. The number of carbonyl (C=O) groups excluding carboxylic acids is 2. The van der Waals surface area contributed by atoms with Crippen LogP contribution in [0.2, 0.25) is 0 Å². The van der Waals surface area contributed by atoms with Crippen molar-refractivity contribution in [3.8, 4) is 5.75 Å². The number of ether oxygens (including phenoxy) is 1. The molecule has 1 atom stereocenters. The molecular weight excluding hydrogens is 466 g/mol. The van der Waals surface area contributed by atoms with Gasteiger partial charge < -0.3 is 15.0 Å². The molecule has 0 spiro atoms. The number of nitrogens with one attached hydrogen (secondary N) is 1. The molecule has 1 unspecified atom stereocenters. The van der Waals surface area contributed by atoms with Crippen LogP contribution in [0.15, 0.2) is 54.6 Å². The van der Waals surface area contributed by atoms with E-state index in [1.165, 1.54) is 11.4 Å². The maximum Gasteiger partial charge on any atom is 0.242 e. The van der Waals surface area contributed by atoms with Gasteiger partial charge >= 0.3 is 0 Å². The van der Waals surface area contributed by atoms with Crippen LogP contribution in [0.25, 0.3) is 0 Å². The van der Waals surface area contributed by atoms with E-state index in [0.717, 1.165) is 18.2 Å². The molecule has 0 aliphatic heterocycles. The smallest absolute Gasteiger partial charge is 0.242 e. The Balaban J connectivity index is 2.20. The number of hydrogen-bond acceptors (Lipinski definition) is 5. The summed E-state index contributed by atoms with van der Waals surface area (Å²) < 4.78 is 31.6. The van der Waals surface area contributed by atoms with E-state index in [1.54, 1.807) is 29.2 Å². The Bertz CT molecular complexity index is 1060. The van der Waals surface area contributed by atoms with Crippen LogP contribution in [0.1, 0.15) is 45.1 Å². The van der Waals surface area contributed by atoms with Gasteiger partial charge in [-0.15, -0.1) is 0 Å². The van der Waals surface area contributed by atoms with Gasteiger partial charge in [-0.3, -0.25) is 13.9 Å². The molecular formula is C26H37N3O5S. The first-order chi connectivity index (χ1) is 16.7. The Morgan fingerprint density at radius 2 is 1.69 bits per heavy atom. The van der Waals surface area contributed by atoms with Crippen molar-refractivity contribution < 1.29 is 22.7 Å². The Labute approximate surface area is 209 Å². The number of hydrogen-bond donors (Lipinski definition) is 1. The molecule has 0 radical (unpaired) electrons. The lowest BCUT2D eigenvalue weighted by molar-refractivity contribution is -0.141. The summed E-state index contributed by atoms with van der Waals surface area (Å²) in [5.41, 5.74) is 1.35. The largest absolute Gasteiger partial charge is 0.495 e. The number of amides is 2. The Morgan fingerprint density at radius 3 is 2.29 bits per heavy atom. The highest BCUT2D eigenvalue weighted by atomic mass is 32.2. The molecule has 1 N–H and O–H groups in total. The normalized spacial score (nSPS) is 12.0. The predicted molar refractivity (Wildman–Crippen MR) is 139 cm³/mol. The first-order valence-electron chi connectivity index (χ1n) is 11.9. The second-order valence-electron chi connectivity index (χ2n) is 8.33. The molecule has 8 nitrogen and oxygen atoms in total. The highest BCUT2D eigenvalue weighted by Crippen LogP contribution is 2.29. The number of methoxy groups -OCH3 is 1. The minimum Gasteiger partial charge on any atom is -0.495 e. The van der Waals surface area contributed by atoms with Gasteiger partial charge in [0.1, 0.15) is 11.8 Å². The molecule has 192 valence electrons. The van der Waals surface area contributed by atoms with Crippen molar-refractivity contribution in [3.63, 3.8) is 0 Å². The van der Waals surface area contributed by atoms with Crippen LogP contribution in [0, 0.1) is 0 Å². The van der Waals surface area contributed by atoms with Crippen LogP contribution in [0.4, 0.5) is 5.69 Å². The van der Waals surface area contributed by atoms with Crippen LogP contribution in [0.3, 0.4) is 0 Å². The van der Waals surface area contributed by atoms with Crippen LogP contribution >= 0.6 is 0 Å². The molecule has 0 aliphatic rings. The molecule has 0 bridgehead atoms. The van der Waals surface area contributed by atoms with E-state index in [4.69, 9.17) is 4.74 Å². The minimum atomic E-state index is -3.60. The number of benzene rings is 2. The number of carbonyl (C=O) groups is 2. The molecule has 0 saturated carbocycles. The number of para-hydroxylation sites is 2. The van der Waals surface area contributed by atoms with E-state index in [2.05, 4.69) is 5.32 Å². The molecule has 2 rings (SSSR count). The highest BCUT2D eigenvalue weighted by Gasteiger charge is 2.29. The Hall–Kier alpha value is -3.07. The van der Waals surface area contributed by atoms with Crippen LogP contribution < -0.4 is 14.4 Å².